The molecule has 0 spiro atoms. The molecule has 1 aromatic rings. The second kappa shape index (κ2) is 5.97. The van der Waals surface area contributed by atoms with Gasteiger partial charge in [-0.25, -0.2) is 9.97 Å². The van der Waals surface area contributed by atoms with Gasteiger partial charge < -0.3 is 20.4 Å². The largest absolute Gasteiger partial charge is 0.368 e. The molecule has 2 rings (SSSR count). The summed E-state index contributed by atoms with van der Waals surface area (Å²) < 4.78 is 0. The molecule has 1 fully saturated rings. The minimum atomic E-state index is 0.474. The highest BCUT2D eigenvalue weighted by molar-refractivity contribution is 5.47. The average molecular weight is 250 g/mol. The van der Waals surface area contributed by atoms with Crippen LogP contribution in [0, 0.1) is 0 Å². The fourth-order valence-corrected chi connectivity index (χ4v) is 2.04. The van der Waals surface area contributed by atoms with Crippen molar-refractivity contribution in [3.05, 3.63) is 12.4 Å². The lowest BCUT2D eigenvalue weighted by atomic mass is 10.2. The Bertz CT molecular complexity index is 381. The van der Waals surface area contributed by atoms with Gasteiger partial charge in [0.05, 0.1) is 0 Å². The fraction of sp³-hybridized carbons (Fsp3) is 0.667. The van der Waals surface area contributed by atoms with Gasteiger partial charge in [-0.05, 0) is 7.05 Å². The molecule has 100 valence electrons. The fourth-order valence-electron chi connectivity index (χ4n) is 2.04. The van der Waals surface area contributed by atoms with Crippen molar-refractivity contribution in [1.82, 2.24) is 20.2 Å². The van der Waals surface area contributed by atoms with Crippen molar-refractivity contribution in [3.63, 3.8) is 0 Å². The van der Waals surface area contributed by atoms with Crippen LogP contribution in [0.2, 0.25) is 0 Å². The Hall–Kier alpha value is -1.40. The van der Waals surface area contributed by atoms with Gasteiger partial charge in [0.2, 0.25) is 0 Å². The molecule has 18 heavy (non-hydrogen) atoms. The molecule has 0 saturated carbocycles. The molecule has 0 radical (unpaired) electrons. The van der Waals surface area contributed by atoms with E-state index in [9.17, 15) is 0 Å². The van der Waals surface area contributed by atoms with E-state index in [1.807, 2.05) is 25.1 Å². The van der Waals surface area contributed by atoms with Crippen molar-refractivity contribution in [3.8, 4) is 0 Å². The molecule has 0 aliphatic carbocycles. The first-order valence-corrected chi connectivity index (χ1v) is 6.30. The van der Waals surface area contributed by atoms with Crippen LogP contribution < -0.4 is 15.5 Å². The summed E-state index contributed by atoms with van der Waals surface area (Å²) in [4.78, 5) is 12.7. The number of anilines is 2. The van der Waals surface area contributed by atoms with Gasteiger partial charge in [-0.2, -0.15) is 0 Å². The number of nitrogens with one attached hydrogen (secondary N) is 2. The van der Waals surface area contributed by atoms with Crippen molar-refractivity contribution >= 4 is 11.6 Å². The van der Waals surface area contributed by atoms with Crippen LogP contribution in [0.5, 0.6) is 0 Å². The van der Waals surface area contributed by atoms with Crippen molar-refractivity contribution in [1.29, 1.82) is 0 Å². The van der Waals surface area contributed by atoms with Gasteiger partial charge in [-0.3, -0.25) is 0 Å². The Morgan fingerprint density at radius 1 is 1.50 bits per heavy atom. The first-order chi connectivity index (χ1) is 8.65. The number of likely N-dealkylation sites (N-methyl/N-ethyl adjacent to an activating group) is 1. The molecule has 1 unspecified atom stereocenters. The molecule has 1 saturated heterocycles. The van der Waals surface area contributed by atoms with Crippen LogP contribution >= 0.6 is 0 Å². The second-order valence-corrected chi connectivity index (χ2v) is 4.95. The summed E-state index contributed by atoms with van der Waals surface area (Å²) in [7, 11) is 6.11. The van der Waals surface area contributed by atoms with Crippen LogP contribution in [0.15, 0.2) is 12.4 Å². The first kappa shape index (κ1) is 13.0. The number of hydrogen-bond acceptors (Lipinski definition) is 6. The maximum absolute atomic E-state index is 4.23. The Morgan fingerprint density at radius 2 is 2.33 bits per heavy atom. The first-order valence-electron chi connectivity index (χ1n) is 6.30. The minimum Gasteiger partial charge on any atom is -0.368 e. The van der Waals surface area contributed by atoms with E-state index in [4.69, 9.17) is 0 Å². The number of nitrogens with zero attached hydrogens (tertiary/aromatic N) is 4. The molecule has 0 amide bonds. The van der Waals surface area contributed by atoms with Gasteiger partial charge in [0.1, 0.15) is 18.0 Å². The lowest BCUT2D eigenvalue weighted by Crippen LogP contribution is -2.51. The van der Waals surface area contributed by atoms with Crippen LogP contribution in [0.1, 0.15) is 0 Å². The Balaban J connectivity index is 1.87. The molecule has 1 aliphatic heterocycles. The van der Waals surface area contributed by atoms with Crippen LogP contribution in [-0.2, 0) is 0 Å². The second-order valence-electron chi connectivity index (χ2n) is 4.95. The highest BCUT2D eigenvalue weighted by Crippen LogP contribution is 2.11. The predicted molar refractivity (Wildman–Crippen MR) is 74.1 cm³/mol. The maximum atomic E-state index is 4.23. The zero-order valence-corrected chi connectivity index (χ0v) is 11.3. The molecule has 1 aliphatic rings. The van der Waals surface area contributed by atoms with Crippen LogP contribution in [0.4, 0.5) is 11.6 Å². The van der Waals surface area contributed by atoms with E-state index in [0.717, 1.165) is 37.8 Å². The third-order valence-electron chi connectivity index (χ3n) is 3.10. The molecule has 1 atom stereocenters. The standard InChI is InChI=1S/C12H22N6/c1-17(2)12-6-11(15-9-16-12)14-7-10-8-18(3)5-4-13-10/h6,9-10,13H,4-5,7-8H2,1-3H3,(H,14,15,16). The van der Waals surface area contributed by atoms with Crippen molar-refractivity contribution < 1.29 is 0 Å². The lowest BCUT2D eigenvalue weighted by Gasteiger charge is -2.31. The summed E-state index contributed by atoms with van der Waals surface area (Å²) in [6.45, 7) is 4.12. The Labute approximate surface area is 108 Å². The molecule has 0 aromatic carbocycles. The highest BCUT2D eigenvalue weighted by Gasteiger charge is 2.15. The van der Waals surface area contributed by atoms with E-state index >= 15 is 0 Å². The number of aromatic nitrogens is 2. The number of piperazine rings is 1. The normalized spacial score (nSPS) is 20.7. The van der Waals surface area contributed by atoms with Crippen LogP contribution in [-0.4, -0.2) is 68.2 Å². The van der Waals surface area contributed by atoms with Crippen molar-refractivity contribution in [2.45, 2.75) is 6.04 Å². The molecular formula is C12H22N6. The molecule has 6 nitrogen and oxygen atoms in total. The van der Waals surface area contributed by atoms with E-state index in [0.29, 0.717) is 6.04 Å². The molecule has 2 heterocycles. The Kier molecular flexibility index (Phi) is 4.33. The van der Waals surface area contributed by atoms with Gasteiger partial charge in [0.15, 0.2) is 0 Å². The molecular weight excluding hydrogens is 228 g/mol. The molecule has 6 heteroatoms. The van der Waals surface area contributed by atoms with Gasteiger partial charge >= 0.3 is 0 Å². The minimum absolute atomic E-state index is 0.474. The summed E-state index contributed by atoms with van der Waals surface area (Å²) in [6, 6.07) is 2.44. The Morgan fingerprint density at radius 3 is 3.06 bits per heavy atom. The van der Waals surface area contributed by atoms with Crippen LogP contribution in [0.25, 0.3) is 0 Å². The third-order valence-corrected chi connectivity index (χ3v) is 3.10. The van der Waals surface area contributed by atoms with Gasteiger partial charge in [0, 0.05) is 52.4 Å². The SMILES string of the molecule is CN1CCNC(CNc2cc(N(C)C)ncn2)C1. The summed E-state index contributed by atoms with van der Waals surface area (Å²) in [5.41, 5.74) is 0. The average Bonchev–Trinajstić information content (AvgIpc) is 2.37. The van der Waals surface area contributed by atoms with Gasteiger partial charge in [-0.1, -0.05) is 0 Å². The topological polar surface area (TPSA) is 56.3 Å². The molecule has 0 bridgehead atoms. The van der Waals surface area contributed by atoms with Gasteiger partial charge in [0.25, 0.3) is 0 Å². The van der Waals surface area contributed by atoms with Gasteiger partial charge in [-0.15, -0.1) is 0 Å². The monoisotopic (exact) mass is 250 g/mol. The summed E-state index contributed by atoms with van der Waals surface area (Å²) in [5, 5.41) is 6.86. The lowest BCUT2D eigenvalue weighted by molar-refractivity contribution is 0.244. The van der Waals surface area contributed by atoms with E-state index in [-0.39, 0.29) is 0 Å². The van der Waals surface area contributed by atoms with E-state index < -0.39 is 0 Å². The van der Waals surface area contributed by atoms with E-state index in [2.05, 4.69) is 32.5 Å². The smallest absolute Gasteiger partial charge is 0.133 e. The zero-order chi connectivity index (χ0) is 13.0. The zero-order valence-electron chi connectivity index (χ0n) is 11.3. The molecule has 1 aromatic heterocycles. The van der Waals surface area contributed by atoms with Crippen molar-refractivity contribution in [2.24, 2.45) is 0 Å². The number of rotatable bonds is 4. The third kappa shape index (κ3) is 3.54. The summed E-state index contributed by atoms with van der Waals surface area (Å²) in [6.07, 6.45) is 1.60. The highest BCUT2D eigenvalue weighted by atomic mass is 15.2. The molecule has 2 N–H and O–H groups in total. The summed E-state index contributed by atoms with van der Waals surface area (Å²) in [5.74, 6) is 1.80. The quantitative estimate of drug-likeness (QED) is 0.775. The van der Waals surface area contributed by atoms with E-state index in [1.54, 1.807) is 6.33 Å². The predicted octanol–water partition coefficient (Wildman–Crippen LogP) is -0.142. The maximum Gasteiger partial charge on any atom is 0.133 e. The van der Waals surface area contributed by atoms with Crippen molar-refractivity contribution in [2.75, 3.05) is 57.5 Å². The number of hydrogen-bond donors (Lipinski definition) is 2. The summed E-state index contributed by atoms with van der Waals surface area (Å²) >= 11 is 0. The van der Waals surface area contributed by atoms with E-state index in [1.165, 1.54) is 0 Å². The van der Waals surface area contributed by atoms with Crippen LogP contribution in [0.3, 0.4) is 0 Å².